The zero-order valence-electron chi connectivity index (χ0n) is 25.2. The summed E-state index contributed by atoms with van der Waals surface area (Å²) in [7, 11) is 0. The highest BCUT2D eigenvalue weighted by molar-refractivity contribution is 6.10. The number of rotatable bonds is 2. The maximum absolute atomic E-state index is 8.05. The van der Waals surface area contributed by atoms with Crippen molar-refractivity contribution in [1.29, 1.82) is 0 Å². The number of benzene rings is 2. The van der Waals surface area contributed by atoms with Gasteiger partial charge in [-0.3, -0.25) is 4.98 Å². The summed E-state index contributed by atoms with van der Waals surface area (Å²) < 4.78 is 78.7. The smallest absolute Gasteiger partial charge is 0.227 e. The van der Waals surface area contributed by atoms with E-state index in [0.29, 0.717) is 16.9 Å². The summed E-state index contributed by atoms with van der Waals surface area (Å²) in [5, 5.41) is 1.54. The number of nitrogens with zero attached hydrogens (tertiary/aromatic N) is 2. The largest absolute Gasteiger partial charge is 0.437 e. The molecule has 3 aromatic heterocycles. The fourth-order valence-corrected chi connectivity index (χ4v) is 3.71. The maximum Gasteiger partial charge on any atom is 0.227 e. The first kappa shape index (κ1) is 11.1. The van der Waals surface area contributed by atoms with E-state index in [0.717, 1.165) is 33.7 Å². The minimum Gasteiger partial charge on any atom is -0.437 e. The first-order chi connectivity index (χ1) is 18.2. The molecule has 3 heteroatoms. The molecule has 148 valence electrons. The highest BCUT2D eigenvalue weighted by Crippen LogP contribution is 2.38. The van der Waals surface area contributed by atoms with Crippen LogP contribution in [-0.4, -0.2) is 9.97 Å². The molecular weight excluding hydrogens is 368 g/mol. The zero-order chi connectivity index (χ0) is 28.4. The Labute approximate surface area is 189 Å². The van der Waals surface area contributed by atoms with E-state index in [-0.39, 0.29) is 11.3 Å². The monoisotopic (exact) mass is 401 g/mol. The summed E-state index contributed by atoms with van der Waals surface area (Å²) >= 11 is 0. The van der Waals surface area contributed by atoms with Gasteiger partial charge in [-0.2, -0.15) is 0 Å². The van der Waals surface area contributed by atoms with E-state index in [9.17, 15) is 0 Å². The van der Waals surface area contributed by atoms with Crippen LogP contribution in [0.2, 0.25) is 0 Å². The molecule has 0 amide bonds. The third kappa shape index (κ3) is 3.07. The van der Waals surface area contributed by atoms with E-state index < -0.39 is 26.0 Å². The number of hydrogen-bond acceptors (Lipinski definition) is 3. The van der Waals surface area contributed by atoms with E-state index in [2.05, 4.69) is 4.98 Å². The summed E-state index contributed by atoms with van der Waals surface area (Å²) in [6.45, 7) is -8.20. The number of pyridine rings is 2. The van der Waals surface area contributed by atoms with Crippen molar-refractivity contribution in [3.05, 3.63) is 84.1 Å². The average molecular weight is 402 g/mol. The molecule has 0 saturated heterocycles. The van der Waals surface area contributed by atoms with Crippen molar-refractivity contribution in [2.24, 2.45) is 0 Å². The minimum atomic E-state index is -3.37. The van der Waals surface area contributed by atoms with Crippen LogP contribution in [0.1, 0.15) is 44.0 Å². The lowest BCUT2D eigenvalue weighted by Gasteiger charge is -2.19. The number of aromatic nitrogens is 2. The van der Waals surface area contributed by atoms with Gasteiger partial charge in [-0.25, -0.2) is 4.98 Å². The van der Waals surface area contributed by atoms with Gasteiger partial charge in [0.15, 0.2) is 0 Å². The Morgan fingerprint density at radius 3 is 2.53 bits per heavy atom. The second-order valence-electron chi connectivity index (χ2n) is 7.33. The Balaban J connectivity index is 1.76. The molecule has 3 heterocycles. The number of fused-ring (bicyclic) bond motifs is 3. The molecule has 2 aromatic carbocycles. The van der Waals surface area contributed by atoms with Crippen molar-refractivity contribution in [3.8, 4) is 22.5 Å². The maximum atomic E-state index is 8.05. The number of hydrogen-bond donors (Lipinski definition) is 0. The molecule has 0 bridgehead atoms. The predicted molar refractivity (Wildman–Crippen MR) is 124 cm³/mol. The van der Waals surface area contributed by atoms with Crippen molar-refractivity contribution in [2.75, 3.05) is 0 Å². The fraction of sp³-hybridized carbons (Fsp3) is 0.185. The Morgan fingerprint density at radius 1 is 0.900 bits per heavy atom. The lowest BCUT2D eigenvalue weighted by molar-refractivity contribution is 0.589. The molecule has 0 aliphatic carbocycles. The highest BCUT2D eigenvalue weighted by Gasteiger charge is 2.19. The van der Waals surface area contributed by atoms with Crippen LogP contribution in [0.25, 0.3) is 44.6 Å². The van der Waals surface area contributed by atoms with Crippen LogP contribution in [-0.2, 0) is 5.41 Å². The van der Waals surface area contributed by atoms with E-state index in [4.69, 9.17) is 21.7 Å². The Bertz CT molecular complexity index is 1650. The van der Waals surface area contributed by atoms with Crippen LogP contribution < -0.4 is 0 Å². The van der Waals surface area contributed by atoms with Crippen LogP contribution in [0.15, 0.2) is 77.3 Å². The first-order valence-electron chi connectivity index (χ1n) is 14.0. The lowest BCUT2D eigenvalue weighted by Crippen LogP contribution is -2.11. The van der Waals surface area contributed by atoms with Gasteiger partial charge in [0.05, 0.1) is 11.4 Å². The molecule has 0 aliphatic heterocycles. The van der Waals surface area contributed by atoms with Crippen molar-refractivity contribution in [2.45, 2.75) is 32.9 Å². The van der Waals surface area contributed by atoms with Gasteiger partial charge < -0.3 is 4.42 Å². The van der Waals surface area contributed by atoms with E-state index in [1.165, 1.54) is 12.3 Å². The Morgan fingerprint density at radius 2 is 1.73 bits per heavy atom. The molecule has 30 heavy (non-hydrogen) atoms. The zero-order valence-corrected chi connectivity index (χ0v) is 16.2. The van der Waals surface area contributed by atoms with E-state index >= 15 is 0 Å². The molecule has 5 rings (SSSR count). The molecule has 0 radical (unpaired) electrons. The summed E-state index contributed by atoms with van der Waals surface area (Å²) in [6.07, 6.45) is 1.22. The van der Waals surface area contributed by atoms with Gasteiger partial charge in [-0.15, -0.1) is 0 Å². The molecule has 0 saturated carbocycles. The predicted octanol–water partition coefficient (Wildman–Crippen LogP) is 7.32. The lowest BCUT2D eigenvalue weighted by atomic mass is 9.87. The standard InChI is InChI=1S/C27H24N2O/c1-17-10-11-20(23-16-19(14-15-28-23)27(2,3)4)25-24(17)21-12-13-22(29-26(21)30-25)18-8-6-5-7-9-18/h5-16H,1-4H3/i2D3,3D3,4D3. The SMILES string of the molecule is [2H]C([2H])([2H])C(c1ccnc(-c2ccc(C)c3c2oc2nc(-c4ccccc4)ccc23)c1)(C([2H])([2H])[2H])C([2H])([2H])[2H]. The normalized spacial score (nSPS) is 17.7. The molecule has 0 unspecified atom stereocenters. The molecule has 0 fully saturated rings. The Hall–Kier alpha value is -3.46. The van der Waals surface area contributed by atoms with Crippen molar-refractivity contribution < 1.29 is 16.8 Å². The highest BCUT2D eigenvalue weighted by atomic mass is 16.3. The summed E-state index contributed by atoms with van der Waals surface area (Å²) in [4.78, 5) is 9.06. The molecule has 0 aliphatic rings. The summed E-state index contributed by atoms with van der Waals surface area (Å²) in [6, 6.07) is 19.4. The quantitative estimate of drug-likeness (QED) is 0.311. The second-order valence-corrected chi connectivity index (χ2v) is 7.33. The van der Waals surface area contributed by atoms with Crippen LogP contribution in [0.4, 0.5) is 0 Å². The third-order valence-electron chi connectivity index (χ3n) is 5.23. The van der Waals surface area contributed by atoms with E-state index in [1.54, 1.807) is 6.07 Å². The summed E-state index contributed by atoms with van der Waals surface area (Å²) in [5.74, 6) is 0. The van der Waals surface area contributed by atoms with Crippen LogP contribution >= 0.6 is 0 Å². The van der Waals surface area contributed by atoms with Crippen molar-refractivity contribution in [3.63, 3.8) is 0 Å². The van der Waals surface area contributed by atoms with Gasteiger partial charge in [-0.1, -0.05) is 57.0 Å². The van der Waals surface area contributed by atoms with Crippen LogP contribution in [0.5, 0.6) is 0 Å². The van der Waals surface area contributed by atoms with Gasteiger partial charge in [0.1, 0.15) is 5.58 Å². The van der Waals surface area contributed by atoms with Crippen LogP contribution in [0.3, 0.4) is 0 Å². The van der Waals surface area contributed by atoms with E-state index in [1.807, 2.05) is 55.5 Å². The van der Waals surface area contributed by atoms with Gasteiger partial charge in [0, 0.05) is 40.4 Å². The third-order valence-corrected chi connectivity index (χ3v) is 5.23. The van der Waals surface area contributed by atoms with Crippen molar-refractivity contribution >= 4 is 22.1 Å². The van der Waals surface area contributed by atoms with Gasteiger partial charge >= 0.3 is 0 Å². The molecular formula is C27H24N2O. The molecule has 0 N–H and O–H groups in total. The molecule has 3 nitrogen and oxygen atoms in total. The number of furan rings is 1. The van der Waals surface area contributed by atoms with Gasteiger partial charge in [0.2, 0.25) is 5.71 Å². The topological polar surface area (TPSA) is 38.9 Å². The molecule has 0 atom stereocenters. The first-order valence-corrected chi connectivity index (χ1v) is 9.52. The Kier molecular flexibility index (Phi) is 2.51. The molecule has 5 aromatic rings. The fourth-order valence-electron chi connectivity index (χ4n) is 3.71. The van der Waals surface area contributed by atoms with Gasteiger partial charge in [0.25, 0.3) is 0 Å². The van der Waals surface area contributed by atoms with Crippen LogP contribution in [0, 0.1) is 6.92 Å². The molecule has 0 spiro atoms. The minimum absolute atomic E-state index is 0.182. The number of aryl methyl sites for hydroxylation is 1. The van der Waals surface area contributed by atoms with Gasteiger partial charge in [-0.05, 0) is 53.8 Å². The average Bonchev–Trinajstić information content (AvgIpc) is 3.22. The van der Waals surface area contributed by atoms with Crippen molar-refractivity contribution in [1.82, 2.24) is 9.97 Å². The second kappa shape index (κ2) is 6.81. The summed E-state index contributed by atoms with van der Waals surface area (Å²) in [5.41, 5.74) is 0.486.